The van der Waals surface area contributed by atoms with E-state index in [1.54, 1.807) is 0 Å². The molecule has 3 heteroatoms. The summed E-state index contributed by atoms with van der Waals surface area (Å²) in [6.07, 6.45) is 9.79. The highest BCUT2D eigenvalue weighted by molar-refractivity contribution is 5.55. The number of rotatable bonds is 3. The molecule has 1 saturated carbocycles. The molecule has 2 heterocycles. The van der Waals surface area contributed by atoms with E-state index in [9.17, 15) is 0 Å². The Bertz CT molecular complexity index is 524. The summed E-state index contributed by atoms with van der Waals surface area (Å²) in [5.41, 5.74) is 2.24. The van der Waals surface area contributed by atoms with Crippen molar-refractivity contribution in [3.63, 3.8) is 0 Å². The Morgan fingerprint density at radius 2 is 2.11 bits per heavy atom. The third-order valence-corrected chi connectivity index (χ3v) is 3.88. The van der Waals surface area contributed by atoms with Gasteiger partial charge in [0.25, 0.3) is 0 Å². The van der Waals surface area contributed by atoms with Crippen LogP contribution in [0.2, 0.25) is 0 Å². The summed E-state index contributed by atoms with van der Waals surface area (Å²) < 4.78 is 2.19. The van der Waals surface area contributed by atoms with Gasteiger partial charge in [-0.15, -0.1) is 0 Å². The van der Waals surface area contributed by atoms with E-state index >= 15 is 0 Å². The fourth-order valence-electron chi connectivity index (χ4n) is 2.88. The van der Waals surface area contributed by atoms with Crippen LogP contribution in [0, 0.1) is 0 Å². The van der Waals surface area contributed by atoms with Crippen LogP contribution in [0.1, 0.15) is 44.7 Å². The van der Waals surface area contributed by atoms with Crippen LogP contribution in [0.25, 0.3) is 5.65 Å². The number of aryl methyl sites for hydroxylation is 1. The van der Waals surface area contributed by atoms with E-state index in [4.69, 9.17) is 4.98 Å². The zero-order chi connectivity index (χ0) is 12.4. The van der Waals surface area contributed by atoms with Gasteiger partial charge in [0.15, 0.2) is 0 Å². The topological polar surface area (TPSA) is 29.3 Å². The van der Waals surface area contributed by atoms with Crippen molar-refractivity contribution < 1.29 is 0 Å². The molecule has 1 N–H and O–H groups in total. The summed E-state index contributed by atoms with van der Waals surface area (Å²) in [7, 11) is 0. The molecule has 0 unspecified atom stereocenters. The number of aromatic nitrogens is 2. The molecule has 18 heavy (non-hydrogen) atoms. The SMILES string of the molecule is CCc1nc2ccccn2c1NC1CCCCC1. The quantitative estimate of drug-likeness (QED) is 0.891. The van der Waals surface area contributed by atoms with Crippen molar-refractivity contribution in [2.45, 2.75) is 51.5 Å². The first kappa shape index (κ1) is 11.6. The van der Waals surface area contributed by atoms with Crippen molar-refractivity contribution in [3.05, 3.63) is 30.1 Å². The monoisotopic (exact) mass is 243 g/mol. The van der Waals surface area contributed by atoms with Gasteiger partial charge in [0.05, 0.1) is 5.69 Å². The van der Waals surface area contributed by atoms with Crippen LogP contribution in [0.15, 0.2) is 24.4 Å². The van der Waals surface area contributed by atoms with Crippen LogP contribution >= 0.6 is 0 Å². The largest absolute Gasteiger partial charge is 0.367 e. The van der Waals surface area contributed by atoms with Crippen LogP contribution in [0.5, 0.6) is 0 Å². The minimum absolute atomic E-state index is 0.629. The molecule has 0 saturated heterocycles. The Morgan fingerprint density at radius 3 is 2.89 bits per heavy atom. The molecule has 1 fully saturated rings. The van der Waals surface area contributed by atoms with E-state index in [-0.39, 0.29) is 0 Å². The number of nitrogens with zero attached hydrogens (tertiary/aromatic N) is 2. The van der Waals surface area contributed by atoms with E-state index < -0.39 is 0 Å². The molecule has 0 amide bonds. The lowest BCUT2D eigenvalue weighted by Crippen LogP contribution is -2.23. The average Bonchev–Trinajstić information content (AvgIpc) is 2.78. The molecule has 0 radical (unpaired) electrons. The van der Waals surface area contributed by atoms with Gasteiger partial charge in [-0.05, 0) is 31.4 Å². The second-order valence-corrected chi connectivity index (χ2v) is 5.17. The van der Waals surface area contributed by atoms with Crippen molar-refractivity contribution in [1.29, 1.82) is 0 Å². The third-order valence-electron chi connectivity index (χ3n) is 3.88. The molecule has 0 atom stereocenters. The predicted molar refractivity (Wildman–Crippen MR) is 75.1 cm³/mol. The lowest BCUT2D eigenvalue weighted by molar-refractivity contribution is 0.461. The summed E-state index contributed by atoms with van der Waals surface area (Å²) in [6, 6.07) is 6.82. The molecule has 1 aliphatic rings. The van der Waals surface area contributed by atoms with Gasteiger partial charge in [0.2, 0.25) is 0 Å². The molecular formula is C15H21N3. The first-order valence-corrected chi connectivity index (χ1v) is 7.11. The lowest BCUT2D eigenvalue weighted by Gasteiger charge is -2.24. The Labute approximate surface area is 108 Å². The normalized spacial score (nSPS) is 17.2. The van der Waals surface area contributed by atoms with Crippen molar-refractivity contribution in [3.8, 4) is 0 Å². The molecule has 96 valence electrons. The number of imidazole rings is 1. The van der Waals surface area contributed by atoms with Gasteiger partial charge in [0.1, 0.15) is 11.5 Å². The molecule has 0 aromatic carbocycles. The third kappa shape index (κ3) is 2.09. The van der Waals surface area contributed by atoms with E-state index in [1.165, 1.54) is 43.6 Å². The molecule has 0 aliphatic heterocycles. The van der Waals surface area contributed by atoms with Gasteiger partial charge < -0.3 is 5.32 Å². The minimum atomic E-state index is 0.629. The van der Waals surface area contributed by atoms with E-state index in [2.05, 4.69) is 35.0 Å². The van der Waals surface area contributed by atoms with Gasteiger partial charge in [0, 0.05) is 12.2 Å². The van der Waals surface area contributed by atoms with Crippen molar-refractivity contribution in [2.75, 3.05) is 5.32 Å². The number of nitrogens with one attached hydrogen (secondary N) is 1. The summed E-state index contributed by atoms with van der Waals surface area (Å²) in [5.74, 6) is 1.21. The maximum atomic E-state index is 4.70. The summed E-state index contributed by atoms with van der Waals surface area (Å²) >= 11 is 0. The second kappa shape index (κ2) is 5.01. The first-order valence-electron chi connectivity index (χ1n) is 7.11. The van der Waals surface area contributed by atoms with Crippen LogP contribution in [-0.4, -0.2) is 15.4 Å². The number of hydrogen-bond acceptors (Lipinski definition) is 2. The Kier molecular flexibility index (Phi) is 3.22. The fraction of sp³-hybridized carbons (Fsp3) is 0.533. The van der Waals surface area contributed by atoms with Gasteiger partial charge in [-0.3, -0.25) is 4.40 Å². The van der Waals surface area contributed by atoms with Crippen molar-refractivity contribution >= 4 is 11.5 Å². The minimum Gasteiger partial charge on any atom is -0.367 e. The zero-order valence-electron chi connectivity index (χ0n) is 11.0. The average molecular weight is 243 g/mol. The molecule has 2 aromatic heterocycles. The maximum absolute atomic E-state index is 4.70. The van der Waals surface area contributed by atoms with Gasteiger partial charge in [-0.25, -0.2) is 4.98 Å². The van der Waals surface area contributed by atoms with Crippen LogP contribution in [0.4, 0.5) is 5.82 Å². The Hall–Kier alpha value is -1.51. The zero-order valence-corrected chi connectivity index (χ0v) is 11.0. The molecular weight excluding hydrogens is 222 g/mol. The van der Waals surface area contributed by atoms with Gasteiger partial charge >= 0.3 is 0 Å². The molecule has 3 nitrogen and oxygen atoms in total. The molecule has 1 aliphatic carbocycles. The highest BCUT2D eigenvalue weighted by atomic mass is 15.1. The van der Waals surface area contributed by atoms with Gasteiger partial charge in [-0.1, -0.05) is 32.3 Å². The molecule has 0 spiro atoms. The number of hydrogen-bond donors (Lipinski definition) is 1. The lowest BCUT2D eigenvalue weighted by atomic mass is 9.95. The molecule has 3 rings (SSSR count). The highest BCUT2D eigenvalue weighted by Crippen LogP contribution is 2.25. The number of fused-ring (bicyclic) bond motifs is 1. The van der Waals surface area contributed by atoms with Crippen molar-refractivity contribution in [1.82, 2.24) is 9.38 Å². The van der Waals surface area contributed by atoms with E-state index in [0.717, 1.165) is 12.1 Å². The van der Waals surface area contributed by atoms with Gasteiger partial charge in [-0.2, -0.15) is 0 Å². The maximum Gasteiger partial charge on any atom is 0.138 e. The van der Waals surface area contributed by atoms with Crippen molar-refractivity contribution in [2.24, 2.45) is 0 Å². The van der Waals surface area contributed by atoms with Crippen LogP contribution in [0.3, 0.4) is 0 Å². The Morgan fingerprint density at radius 1 is 1.28 bits per heavy atom. The predicted octanol–water partition coefficient (Wildman–Crippen LogP) is 3.64. The summed E-state index contributed by atoms with van der Waals surface area (Å²) in [4.78, 5) is 4.70. The summed E-state index contributed by atoms with van der Waals surface area (Å²) in [6.45, 7) is 2.17. The van der Waals surface area contributed by atoms with E-state index in [1.807, 2.05) is 6.07 Å². The van der Waals surface area contributed by atoms with E-state index in [0.29, 0.717) is 6.04 Å². The highest BCUT2D eigenvalue weighted by Gasteiger charge is 2.17. The Balaban J connectivity index is 1.93. The summed E-state index contributed by atoms with van der Waals surface area (Å²) in [5, 5.41) is 3.72. The standard InChI is InChI=1S/C15H21N3/c1-2-13-15(16-12-8-4-3-5-9-12)18-11-7-6-10-14(18)17-13/h6-7,10-12,16H,2-5,8-9H2,1H3. The first-order chi connectivity index (χ1) is 8.88. The molecule has 2 aromatic rings. The second-order valence-electron chi connectivity index (χ2n) is 5.17. The number of pyridine rings is 1. The smallest absolute Gasteiger partial charge is 0.138 e. The fourth-order valence-corrected chi connectivity index (χ4v) is 2.88. The number of anilines is 1. The molecule has 0 bridgehead atoms. The van der Waals surface area contributed by atoms with Crippen LogP contribution < -0.4 is 5.32 Å². The van der Waals surface area contributed by atoms with Crippen LogP contribution in [-0.2, 0) is 6.42 Å².